The van der Waals surface area contributed by atoms with E-state index in [1.807, 2.05) is 11.3 Å². The lowest BCUT2D eigenvalue weighted by Crippen LogP contribution is -2.45. The lowest BCUT2D eigenvalue weighted by Gasteiger charge is -2.23. The van der Waals surface area contributed by atoms with Gasteiger partial charge in [0.05, 0.1) is 6.20 Å². The van der Waals surface area contributed by atoms with Gasteiger partial charge in [-0.25, -0.2) is 20.4 Å². The van der Waals surface area contributed by atoms with E-state index in [1.54, 1.807) is 18.0 Å². The molecule has 1 atom stereocenters. The molecule has 0 aromatic carbocycles. The summed E-state index contributed by atoms with van der Waals surface area (Å²) in [4.78, 5) is 8.83. The molecule has 0 aliphatic carbocycles. The maximum Gasteiger partial charge on any atom is 0.184 e. The molecule has 2 aliphatic rings. The molecule has 0 saturated heterocycles. The van der Waals surface area contributed by atoms with Gasteiger partial charge in [0.15, 0.2) is 11.0 Å². The van der Waals surface area contributed by atoms with E-state index in [4.69, 9.17) is 5.26 Å². The Morgan fingerprint density at radius 2 is 2.39 bits per heavy atom. The number of fused-ring (bicyclic) bond motifs is 1. The van der Waals surface area contributed by atoms with Crippen LogP contribution in [-0.4, -0.2) is 28.4 Å². The van der Waals surface area contributed by atoms with Gasteiger partial charge >= 0.3 is 0 Å². The number of rotatable bonds is 4. The van der Waals surface area contributed by atoms with E-state index >= 15 is 0 Å². The molecule has 18 heavy (non-hydrogen) atoms. The minimum absolute atomic E-state index is 0.0683. The molecule has 2 aliphatic heterocycles. The quantitative estimate of drug-likeness (QED) is 0.790. The molecule has 0 aromatic rings. The van der Waals surface area contributed by atoms with Crippen LogP contribution in [0.1, 0.15) is 32.6 Å². The Kier molecular flexibility index (Phi) is 4.39. The highest BCUT2D eigenvalue weighted by molar-refractivity contribution is 8.13. The number of nitrogens with one attached hydrogen (secondary N) is 1. The van der Waals surface area contributed by atoms with Gasteiger partial charge in [0.2, 0.25) is 0 Å². The lowest BCUT2D eigenvalue weighted by molar-refractivity contribution is 0.389. The smallest absolute Gasteiger partial charge is 0.184 e. The van der Waals surface area contributed by atoms with Crippen molar-refractivity contribution in [2.75, 3.05) is 6.26 Å². The van der Waals surface area contributed by atoms with Crippen LogP contribution in [0.2, 0.25) is 0 Å². The fourth-order valence-corrected chi connectivity index (χ4v) is 2.43. The van der Waals surface area contributed by atoms with Crippen LogP contribution in [0.4, 0.5) is 0 Å². The number of nitriles is 1. The third kappa shape index (κ3) is 2.57. The number of hydrogen-bond donors (Lipinski definition) is 1. The van der Waals surface area contributed by atoms with Crippen LogP contribution in [0.25, 0.3) is 0 Å². The number of hydrazine groups is 1. The van der Waals surface area contributed by atoms with Crippen LogP contribution in [0.5, 0.6) is 0 Å². The summed E-state index contributed by atoms with van der Waals surface area (Å²) < 4.78 is 0. The van der Waals surface area contributed by atoms with Crippen LogP contribution in [0, 0.1) is 11.3 Å². The first kappa shape index (κ1) is 13.1. The lowest BCUT2D eigenvalue weighted by atomic mass is 10.2. The minimum Gasteiger partial charge on any atom is -0.245 e. The Hall–Kier alpha value is -1.32. The first-order valence-corrected chi connectivity index (χ1v) is 7.39. The monoisotopic (exact) mass is 263 g/mol. The van der Waals surface area contributed by atoms with Crippen LogP contribution in [-0.2, 0) is 0 Å². The van der Waals surface area contributed by atoms with Gasteiger partial charge in [-0.15, -0.1) is 0 Å². The molecule has 2 rings (SSSR count). The summed E-state index contributed by atoms with van der Waals surface area (Å²) in [7, 11) is 0. The number of hydrogen-bond acceptors (Lipinski definition) is 6. The van der Waals surface area contributed by atoms with Crippen molar-refractivity contribution < 1.29 is 0 Å². The maximum atomic E-state index is 9.07. The molecule has 0 amide bonds. The molecule has 96 valence electrons. The van der Waals surface area contributed by atoms with Crippen molar-refractivity contribution in [1.29, 1.82) is 5.26 Å². The second-order valence-corrected chi connectivity index (χ2v) is 4.97. The molecule has 0 spiro atoms. The van der Waals surface area contributed by atoms with Crippen LogP contribution < -0.4 is 5.43 Å². The minimum atomic E-state index is 0.0683. The normalized spacial score (nSPS) is 21.9. The maximum absolute atomic E-state index is 9.07. The van der Waals surface area contributed by atoms with E-state index < -0.39 is 0 Å². The zero-order valence-electron chi connectivity index (χ0n) is 10.7. The standard InChI is InChI=1S/C12H17N5S/c1-3-4-5-6-10-15-11-9(7-13)8-14-12(18-2)17(11)16-10/h8,10,16H,3-6H2,1-2H3. The van der Waals surface area contributed by atoms with Gasteiger partial charge in [-0.2, -0.15) is 5.26 Å². The molecule has 1 N–H and O–H groups in total. The molecular weight excluding hydrogens is 246 g/mol. The van der Waals surface area contributed by atoms with Crippen molar-refractivity contribution in [3.8, 4) is 6.07 Å². The van der Waals surface area contributed by atoms with Gasteiger partial charge in [0.25, 0.3) is 0 Å². The van der Waals surface area contributed by atoms with E-state index in [-0.39, 0.29) is 6.17 Å². The summed E-state index contributed by atoms with van der Waals surface area (Å²) in [5.41, 5.74) is 3.83. The summed E-state index contributed by atoms with van der Waals surface area (Å²) in [6.07, 6.45) is 8.19. The Balaban J connectivity index is 2.09. The average molecular weight is 263 g/mol. The Morgan fingerprint density at radius 1 is 1.56 bits per heavy atom. The predicted octanol–water partition coefficient (Wildman–Crippen LogP) is 2.25. The van der Waals surface area contributed by atoms with Gasteiger partial charge < -0.3 is 0 Å². The highest BCUT2D eigenvalue weighted by Crippen LogP contribution is 2.21. The molecule has 6 heteroatoms. The van der Waals surface area contributed by atoms with E-state index in [2.05, 4.69) is 28.4 Å². The van der Waals surface area contributed by atoms with Gasteiger partial charge in [-0.3, -0.25) is 0 Å². The summed E-state index contributed by atoms with van der Waals surface area (Å²) in [5, 5.41) is 11.7. The van der Waals surface area contributed by atoms with Gasteiger partial charge in [-0.05, 0) is 19.1 Å². The Bertz CT molecular complexity index is 446. The Labute approximate surface area is 112 Å². The summed E-state index contributed by atoms with van der Waals surface area (Å²) in [6.45, 7) is 2.19. The number of nitrogens with zero attached hydrogens (tertiary/aromatic N) is 4. The largest absolute Gasteiger partial charge is 0.245 e. The van der Waals surface area contributed by atoms with Crippen molar-refractivity contribution in [3.05, 3.63) is 11.8 Å². The summed E-state index contributed by atoms with van der Waals surface area (Å²) >= 11 is 1.54. The number of amidine groups is 2. The molecule has 2 heterocycles. The fraction of sp³-hybridized carbons (Fsp3) is 0.583. The Morgan fingerprint density at radius 3 is 3.06 bits per heavy atom. The molecular formula is C12H17N5S. The van der Waals surface area contributed by atoms with E-state index in [1.165, 1.54) is 12.8 Å². The van der Waals surface area contributed by atoms with Crippen molar-refractivity contribution in [2.24, 2.45) is 9.98 Å². The van der Waals surface area contributed by atoms with E-state index in [0.29, 0.717) is 11.4 Å². The number of thioether (sulfide) groups is 1. The number of unbranched alkanes of at least 4 members (excludes halogenated alkanes) is 2. The highest BCUT2D eigenvalue weighted by atomic mass is 32.2. The van der Waals surface area contributed by atoms with Gasteiger partial charge in [-0.1, -0.05) is 31.5 Å². The van der Waals surface area contributed by atoms with Crippen molar-refractivity contribution >= 4 is 22.8 Å². The van der Waals surface area contributed by atoms with Crippen molar-refractivity contribution in [3.63, 3.8) is 0 Å². The number of aliphatic imine (C=N–C) groups is 2. The van der Waals surface area contributed by atoms with Crippen LogP contribution in [0.15, 0.2) is 21.8 Å². The second-order valence-electron chi connectivity index (χ2n) is 4.20. The molecule has 1 unspecified atom stereocenters. The van der Waals surface area contributed by atoms with Crippen molar-refractivity contribution in [1.82, 2.24) is 10.4 Å². The highest BCUT2D eigenvalue weighted by Gasteiger charge is 2.32. The topological polar surface area (TPSA) is 63.8 Å². The third-order valence-electron chi connectivity index (χ3n) is 2.89. The fourth-order valence-electron chi connectivity index (χ4n) is 1.96. The first-order chi connectivity index (χ1) is 8.80. The molecule has 0 radical (unpaired) electrons. The SMILES string of the molecule is CCCCCC1N=C2C(C#N)=CN=C(SC)N2N1. The second kappa shape index (κ2) is 6.03. The molecule has 0 bridgehead atoms. The van der Waals surface area contributed by atoms with Gasteiger partial charge in [0.1, 0.15) is 17.8 Å². The average Bonchev–Trinajstić information content (AvgIpc) is 2.81. The van der Waals surface area contributed by atoms with Crippen LogP contribution in [0.3, 0.4) is 0 Å². The summed E-state index contributed by atoms with van der Waals surface area (Å²) in [5.74, 6) is 0.707. The predicted molar refractivity (Wildman–Crippen MR) is 75.0 cm³/mol. The third-order valence-corrected chi connectivity index (χ3v) is 3.54. The van der Waals surface area contributed by atoms with E-state index in [9.17, 15) is 0 Å². The molecule has 0 fully saturated rings. The molecule has 0 aromatic heterocycles. The van der Waals surface area contributed by atoms with Gasteiger partial charge in [0, 0.05) is 0 Å². The first-order valence-electron chi connectivity index (χ1n) is 6.16. The van der Waals surface area contributed by atoms with Crippen molar-refractivity contribution in [2.45, 2.75) is 38.8 Å². The molecule has 5 nitrogen and oxygen atoms in total. The molecule has 0 saturated carbocycles. The zero-order chi connectivity index (χ0) is 13.0. The summed E-state index contributed by atoms with van der Waals surface area (Å²) in [6, 6.07) is 2.14. The zero-order valence-corrected chi connectivity index (χ0v) is 11.5. The van der Waals surface area contributed by atoms with E-state index in [0.717, 1.165) is 18.0 Å². The van der Waals surface area contributed by atoms with Crippen LogP contribution >= 0.6 is 11.8 Å².